The molecule has 0 aliphatic rings. The van der Waals surface area contributed by atoms with E-state index in [0.717, 1.165) is 16.7 Å². The molecule has 0 unspecified atom stereocenters. The van der Waals surface area contributed by atoms with Crippen molar-refractivity contribution in [3.63, 3.8) is 0 Å². The van der Waals surface area contributed by atoms with E-state index in [-0.39, 0.29) is 62.3 Å². The van der Waals surface area contributed by atoms with Crippen molar-refractivity contribution in [1.82, 2.24) is 0 Å². The molecule has 240 valence electrons. The zero-order valence-corrected chi connectivity index (χ0v) is 22.3. The molecule has 0 bridgehead atoms. The van der Waals surface area contributed by atoms with Crippen LogP contribution in [0.25, 0.3) is 17.2 Å². The Labute approximate surface area is 265 Å². The summed E-state index contributed by atoms with van der Waals surface area (Å²) in [5.41, 5.74) is 2.18. The minimum absolute atomic E-state index is 0. The molecule has 0 radical (unpaired) electrons. The fourth-order valence-electron chi connectivity index (χ4n) is 3.18. The first-order valence-electron chi connectivity index (χ1n) is 12.5. The normalized spacial score (nSPS) is 10.2. The van der Waals surface area contributed by atoms with Gasteiger partial charge >= 0.3 is 11.9 Å². The number of hydrogen-bond acceptors (Lipinski definition) is 7. The molecule has 7 heteroatoms. The lowest BCUT2D eigenvalue weighted by Crippen LogP contribution is -2.27. The van der Waals surface area contributed by atoms with Crippen molar-refractivity contribution < 1.29 is 28.5 Å². The number of allylic oxidation sites excluding steroid dienone is 2. The highest BCUT2D eigenvalue weighted by atomic mass is 16.7. The highest BCUT2D eigenvalue weighted by molar-refractivity contribution is 5.93. The lowest BCUT2D eigenvalue weighted by Gasteiger charge is -2.20. The van der Waals surface area contributed by atoms with Crippen LogP contribution in [-0.2, 0) is 19.1 Å². The van der Waals surface area contributed by atoms with Gasteiger partial charge in [-0.25, -0.2) is 4.79 Å². The molecule has 0 spiro atoms. The van der Waals surface area contributed by atoms with Crippen molar-refractivity contribution in [1.29, 1.82) is 5.26 Å². The summed E-state index contributed by atoms with van der Waals surface area (Å²) in [6.07, 6.45) is 5.49. The molecule has 0 aromatic heterocycles. The molecular formula is C37H51NO6. The lowest BCUT2D eigenvalue weighted by molar-refractivity contribution is -0.160. The standard InChI is InChI=1S/C32H31NO6.5CH4/c1-4-32(2,3)31(35)39-23-37-29-19-15-26(16-20-29)25-13-17-28(18-14-25)36-22-38-30(34)27(21-33)12-8-11-24-9-6-5-7-10-24;;;;;/h5-20H,4,22-23H2,1-3H3;5*1H4. The van der Waals surface area contributed by atoms with E-state index < -0.39 is 11.4 Å². The number of carbonyl (C=O) groups is 2. The van der Waals surface area contributed by atoms with Gasteiger partial charge < -0.3 is 18.9 Å². The molecule has 3 rings (SSSR count). The monoisotopic (exact) mass is 605 g/mol. The van der Waals surface area contributed by atoms with Crippen LogP contribution in [0.5, 0.6) is 11.5 Å². The summed E-state index contributed by atoms with van der Waals surface area (Å²) in [5.74, 6) is 0.0355. The maximum atomic E-state index is 12.2. The Morgan fingerprint density at radius 1 is 0.750 bits per heavy atom. The van der Waals surface area contributed by atoms with Crippen LogP contribution in [0.15, 0.2) is 96.6 Å². The minimum atomic E-state index is -0.766. The second-order valence-corrected chi connectivity index (χ2v) is 9.14. The van der Waals surface area contributed by atoms with Crippen LogP contribution >= 0.6 is 0 Å². The molecule has 0 saturated carbocycles. The van der Waals surface area contributed by atoms with Gasteiger partial charge in [0.25, 0.3) is 0 Å². The SMILES string of the molecule is C.C.C.C.C.CCC(C)(C)C(=O)OCOc1ccc(-c2ccc(OCOC(=O)C(C#N)=CC=Cc3ccccc3)cc2)cc1. The van der Waals surface area contributed by atoms with Crippen LogP contribution in [0.4, 0.5) is 0 Å². The predicted octanol–water partition coefficient (Wildman–Crippen LogP) is 9.89. The van der Waals surface area contributed by atoms with Gasteiger partial charge in [0.05, 0.1) is 5.41 Å². The van der Waals surface area contributed by atoms with Crippen molar-refractivity contribution in [3.05, 3.63) is 102 Å². The van der Waals surface area contributed by atoms with Crippen molar-refractivity contribution in [2.24, 2.45) is 5.41 Å². The van der Waals surface area contributed by atoms with Gasteiger partial charge in [0.15, 0.2) is 0 Å². The Bertz CT molecular complexity index is 1340. The van der Waals surface area contributed by atoms with Gasteiger partial charge in [-0.1, -0.05) is 111 Å². The Hall–Kier alpha value is -4.83. The number of nitrogens with zero attached hydrogens (tertiary/aromatic N) is 1. The number of hydrogen-bond donors (Lipinski definition) is 0. The maximum absolute atomic E-state index is 12.2. The van der Waals surface area contributed by atoms with Crippen molar-refractivity contribution in [2.45, 2.75) is 64.3 Å². The third kappa shape index (κ3) is 13.4. The molecule has 44 heavy (non-hydrogen) atoms. The second kappa shape index (κ2) is 21.8. The molecule has 0 atom stereocenters. The third-order valence-electron chi connectivity index (χ3n) is 6.00. The molecule has 0 heterocycles. The van der Waals surface area contributed by atoms with Gasteiger partial charge in [-0.3, -0.25) is 4.79 Å². The van der Waals surface area contributed by atoms with Crippen molar-refractivity contribution >= 4 is 18.0 Å². The molecule has 0 aliphatic heterocycles. The fraction of sp³-hybridized carbons (Fsp3) is 0.324. The average molecular weight is 606 g/mol. The Morgan fingerprint density at radius 2 is 1.23 bits per heavy atom. The van der Waals surface area contributed by atoms with Crippen LogP contribution in [0.3, 0.4) is 0 Å². The van der Waals surface area contributed by atoms with E-state index in [4.69, 9.17) is 18.9 Å². The van der Waals surface area contributed by atoms with E-state index in [1.165, 1.54) is 6.08 Å². The van der Waals surface area contributed by atoms with Gasteiger partial charge in [0.2, 0.25) is 13.6 Å². The number of nitriles is 1. The molecule has 0 aliphatic carbocycles. The number of esters is 2. The van der Waals surface area contributed by atoms with E-state index in [9.17, 15) is 14.9 Å². The predicted molar refractivity (Wildman–Crippen MR) is 182 cm³/mol. The smallest absolute Gasteiger partial charge is 0.351 e. The van der Waals surface area contributed by atoms with Gasteiger partial charge in [-0.05, 0) is 67.3 Å². The van der Waals surface area contributed by atoms with Crippen molar-refractivity contribution in [3.8, 4) is 28.7 Å². The zero-order valence-electron chi connectivity index (χ0n) is 22.3. The lowest BCUT2D eigenvalue weighted by atomic mass is 9.91. The Balaban J connectivity index is -0.00000336. The van der Waals surface area contributed by atoms with Crippen molar-refractivity contribution in [2.75, 3.05) is 13.6 Å². The molecule has 0 fully saturated rings. The van der Waals surface area contributed by atoms with Gasteiger partial charge in [-0.2, -0.15) is 5.26 Å². The number of benzene rings is 3. The Kier molecular flexibility index (Phi) is 21.6. The second-order valence-electron chi connectivity index (χ2n) is 9.14. The summed E-state index contributed by atoms with van der Waals surface area (Å²) >= 11 is 0. The topological polar surface area (TPSA) is 94.8 Å². The van der Waals surface area contributed by atoms with E-state index in [1.807, 2.05) is 81.4 Å². The first-order valence-corrected chi connectivity index (χ1v) is 12.5. The van der Waals surface area contributed by atoms with Gasteiger partial charge in [-0.15, -0.1) is 0 Å². The molecule has 0 N–H and O–H groups in total. The highest BCUT2D eigenvalue weighted by Crippen LogP contribution is 2.25. The first-order chi connectivity index (χ1) is 18.8. The maximum Gasteiger partial charge on any atom is 0.351 e. The third-order valence-corrected chi connectivity index (χ3v) is 6.00. The van der Waals surface area contributed by atoms with Crippen LogP contribution in [-0.4, -0.2) is 25.5 Å². The summed E-state index contributed by atoms with van der Waals surface area (Å²) in [7, 11) is 0. The summed E-state index contributed by atoms with van der Waals surface area (Å²) in [6.45, 7) is 5.13. The van der Waals surface area contributed by atoms with Crippen LogP contribution < -0.4 is 9.47 Å². The Morgan fingerprint density at radius 3 is 1.68 bits per heavy atom. The van der Waals surface area contributed by atoms with E-state index in [1.54, 1.807) is 36.4 Å². The van der Waals surface area contributed by atoms with E-state index >= 15 is 0 Å². The molecule has 0 amide bonds. The average Bonchev–Trinajstić information content (AvgIpc) is 2.96. The van der Waals surface area contributed by atoms with Crippen LogP contribution in [0.2, 0.25) is 0 Å². The minimum Gasteiger partial charge on any atom is -0.457 e. The molecular weight excluding hydrogens is 554 g/mol. The number of ether oxygens (including phenoxy) is 4. The molecule has 3 aromatic carbocycles. The quantitative estimate of drug-likeness (QED) is 0.0666. The molecule has 3 aromatic rings. The first kappa shape index (κ1) is 43.6. The zero-order chi connectivity index (χ0) is 28.1. The van der Waals surface area contributed by atoms with Gasteiger partial charge in [0, 0.05) is 0 Å². The number of carbonyl (C=O) groups excluding carboxylic acids is 2. The highest BCUT2D eigenvalue weighted by Gasteiger charge is 2.27. The summed E-state index contributed by atoms with van der Waals surface area (Å²) in [6, 6.07) is 26.0. The van der Waals surface area contributed by atoms with Gasteiger partial charge in [0.1, 0.15) is 23.1 Å². The largest absolute Gasteiger partial charge is 0.457 e. The fourth-order valence-corrected chi connectivity index (χ4v) is 3.18. The number of rotatable bonds is 12. The summed E-state index contributed by atoms with van der Waals surface area (Å²) in [4.78, 5) is 24.2. The van der Waals surface area contributed by atoms with Crippen LogP contribution in [0.1, 0.15) is 69.9 Å². The summed E-state index contributed by atoms with van der Waals surface area (Å²) < 4.78 is 21.3. The summed E-state index contributed by atoms with van der Waals surface area (Å²) in [5, 5.41) is 9.25. The molecule has 7 nitrogen and oxygen atoms in total. The van der Waals surface area contributed by atoms with E-state index in [0.29, 0.717) is 17.9 Å². The van der Waals surface area contributed by atoms with E-state index in [2.05, 4.69) is 0 Å². The molecule has 0 saturated heterocycles. The van der Waals surface area contributed by atoms with Crippen LogP contribution in [0, 0.1) is 16.7 Å².